The molecule has 2 amide bonds. The van der Waals surface area contributed by atoms with E-state index < -0.39 is 12.0 Å². The van der Waals surface area contributed by atoms with Crippen LogP contribution in [0.2, 0.25) is 0 Å². The molecule has 0 aliphatic carbocycles. The summed E-state index contributed by atoms with van der Waals surface area (Å²) in [7, 11) is 1.66. The summed E-state index contributed by atoms with van der Waals surface area (Å²) in [4.78, 5) is 24.3. The molecule has 2 N–H and O–H groups in total. The molecule has 0 fully saturated rings. The van der Waals surface area contributed by atoms with Gasteiger partial charge in [0, 0.05) is 13.6 Å². The minimum atomic E-state index is -0.989. The molecular formula is C13H24N2O3. The van der Waals surface area contributed by atoms with Gasteiger partial charge in [-0.3, -0.25) is 0 Å². The Hall–Kier alpha value is -1.52. The molecule has 1 atom stereocenters. The Morgan fingerprint density at radius 1 is 1.44 bits per heavy atom. The van der Waals surface area contributed by atoms with Crippen LogP contribution in [0.5, 0.6) is 0 Å². The lowest BCUT2D eigenvalue weighted by Gasteiger charge is -2.22. The maximum absolute atomic E-state index is 11.8. The molecular weight excluding hydrogens is 232 g/mol. The lowest BCUT2D eigenvalue weighted by molar-refractivity contribution is -0.139. The molecule has 5 heteroatoms. The van der Waals surface area contributed by atoms with Crippen LogP contribution in [0.1, 0.15) is 33.1 Å². The van der Waals surface area contributed by atoms with Crippen molar-refractivity contribution < 1.29 is 14.7 Å². The van der Waals surface area contributed by atoms with Crippen molar-refractivity contribution in [3.8, 4) is 0 Å². The van der Waals surface area contributed by atoms with Gasteiger partial charge in [-0.25, -0.2) is 9.59 Å². The third-order valence-electron chi connectivity index (χ3n) is 2.55. The highest BCUT2D eigenvalue weighted by atomic mass is 16.4. The van der Waals surface area contributed by atoms with E-state index in [0.29, 0.717) is 13.0 Å². The Kier molecular flexibility index (Phi) is 7.83. The van der Waals surface area contributed by atoms with Gasteiger partial charge in [-0.05, 0) is 25.2 Å². The molecule has 0 saturated heterocycles. The first-order chi connectivity index (χ1) is 8.38. The first-order valence-electron chi connectivity index (χ1n) is 6.23. The summed E-state index contributed by atoms with van der Waals surface area (Å²) in [5.74, 6) is -0.769. The lowest BCUT2D eigenvalue weighted by atomic mass is 10.0. The van der Waals surface area contributed by atoms with Crippen LogP contribution in [-0.2, 0) is 4.79 Å². The third-order valence-corrected chi connectivity index (χ3v) is 2.55. The number of allylic oxidation sites excluding steroid dienone is 1. The number of hydrogen-bond acceptors (Lipinski definition) is 2. The molecule has 0 unspecified atom stereocenters. The monoisotopic (exact) mass is 256 g/mol. The molecule has 0 rings (SSSR count). The Balaban J connectivity index is 4.23. The molecule has 0 aliphatic rings. The first kappa shape index (κ1) is 16.5. The van der Waals surface area contributed by atoms with Crippen molar-refractivity contribution in [2.75, 3.05) is 13.6 Å². The predicted molar refractivity (Wildman–Crippen MR) is 71.5 cm³/mol. The first-order valence-corrected chi connectivity index (χ1v) is 6.23. The Bertz CT molecular complexity index is 290. The molecule has 0 heterocycles. The number of carbonyl (C=O) groups is 2. The van der Waals surface area contributed by atoms with E-state index in [4.69, 9.17) is 5.11 Å². The highest BCUT2D eigenvalue weighted by Gasteiger charge is 2.22. The van der Waals surface area contributed by atoms with Gasteiger partial charge in [-0.15, -0.1) is 6.58 Å². The minimum Gasteiger partial charge on any atom is -0.480 e. The van der Waals surface area contributed by atoms with E-state index in [1.54, 1.807) is 13.1 Å². The number of nitrogens with one attached hydrogen (secondary N) is 1. The van der Waals surface area contributed by atoms with Gasteiger partial charge >= 0.3 is 12.0 Å². The fourth-order valence-corrected chi connectivity index (χ4v) is 1.53. The van der Waals surface area contributed by atoms with Crippen molar-refractivity contribution in [3.05, 3.63) is 12.7 Å². The fraction of sp³-hybridized carbons (Fsp3) is 0.692. The normalized spacial score (nSPS) is 12.0. The average Bonchev–Trinajstić information content (AvgIpc) is 2.27. The minimum absolute atomic E-state index is 0.220. The predicted octanol–water partition coefficient (Wildman–Crippen LogP) is 2.09. The molecule has 0 aromatic heterocycles. The topological polar surface area (TPSA) is 69.6 Å². The molecule has 0 radical (unpaired) electrons. The Morgan fingerprint density at radius 3 is 2.50 bits per heavy atom. The van der Waals surface area contributed by atoms with Gasteiger partial charge in [0.1, 0.15) is 6.04 Å². The van der Waals surface area contributed by atoms with Crippen LogP contribution in [0, 0.1) is 5.92 Å². The van der Waals surface area contributed by atoms with Crippen LogP contribution in [-0.4, -0.2) is 41.6 Å². The lowest BCUT2D eigenvalue weighted by Crippen LogP contribution is -2.47. The molecule has 104 valence electrons. The maximum Gasteiger partial charge on any atom is 0.326 e. The van der Waals surface area contributed by atoms with Gasteiger partial charge in [0.25, 0.3) is 0 Å². The number of carboxylic acids is 1. The van der Waals surface area contributed by atoms with Crippen molar-refractivity contribution >= 4 is 12.0 Å². The number of carboxylic acid groups (broad SMARTS) is 1. The summed E-state index contributed by atoms with van der Waals surface area (Å²) in [6, 6.07) is -1.16. The van der Waals surface area contributed by atoms with E-state index >= 15 is 0 Å². The number of carbonyl (C=O) groups excluding carboxylic acids is 1. The summed E-state index contributed by atoms with van der Waals surface area (Å²) in [5.41, 5.74) is 0. The Morgan fingerprint density at radius 2 is 2.06 bits per heavy atom. The molecule has 5 nitrogen and oxygen atoms in total. The van der Waals surface area contributed by atoms with Gasteiger partial charge in [0.05, 0.1) is 0 Å². The van der Waals surface area contributed by atoms with E-state index in [2.05, 4.69) is 11.9 Å². The molecule has 0 spiro atoms. The van der Waals surface area contributed by atoms with E-state index in [-0.39, 0.29) is 11.9 Å². The van der Waals surface area contributed by atoms with Gasteiger partial charge in [0.15, 0.2) is 0 Å². The van der Waals surface area contributed by atoms with Gasteiger partial charge in [-0.2, -0.15) is 0 Å². The Labute approximate surface area is 109 Å². The van der Waals surface area contributed by atoms with Gasteiger partial charge in [0.2, 0.25) is 0 Å². The summed E-state index contributed by atoms with van der Waals surface area (Å²) in [6.45, 7) is 8.05. The van der Waals surface area contributed by atoms with Crippen molar-refractivity contribution in [1.29, 1.82) is 0 Å². The summed E-state index contributed by atoms with van der Waals surface area (Å²) < 4.78 is 0. The zero-order valence-electron chi connectivity index (χ0n) is 11.5. The van der Waals surface area contributed by atoms with Crippen LogP contribution in [0.15, 0.2) is 12.7 Å². The highest BCUT2D eigenvalue weighted by Crippen LogP contribution is 2.05. The fourth-order valence-electron chi connectivity index (χ4n) is 1.53. The summed E-state index contributed by atoms with van der Waals surface area (Å²) >= 11 is 0. The molecule has 0 bridgehead atoms. The third kappa shape index (κ3) is 6.93. The summed E-state index contributed by atoms with van der Waals surface area (Å²) in [5, 5.41) is 11.6. The molecule has 18 heavy (non-hydrogen) atoms. The van der Waals surface area contributed by atoms with Crippen LogP contribution in [0.4, 0.5) is 4.79 Å². The van der Waals surface area contributed by atoms with Crippen LogP contribution in [0.25, 0.3) is 0 Å². The molecule has 0 aromatic rings. The average molecular weight is 256 g/mol. The van der Waals surface area contributed by atoms with Gasteiger partial charge in [-0.1, -0.05) is 19.9 Å². The summed E-state index contributed by atoms with van der Waals surface area (Å²) in [6.07, 6.45) is 3.90. The zero-order chi connectivity index (χ0) is 14.1. The van der Waals surface area contributed by atoms with Crippen LogP contribution in [0.3, 0.4) is 0 Å². The largest absolute Gasteiger partial charge is 0.480 e. The number of nitrogens with zero attached hydrogens (tertiary/aromatic N) is 1. The van der Waals surface area contributed by atoms with Crippen molar-refractivity contribution in [3.63, 3.8) is 0 Å². The quantitative estimate of drug-likeness (QED) is 0.516. The van der Waals surface area contributed by atoms with Crippen molar-refractivity contribution in [1.82, 2.24) is 10.2 Å². The maximum atomic E-state index is 11.8. The van der Waals surface area contributed by atoms with E-state index in [1.165, 1.54) is 4.90 Å². The van der Waals surface area contributed by atoms with Crippen LogP contribution >= 0.6 is 0 Å². The standard InChI is InChI=1S/C13H24N2O3/c1-5-6-7-8-15(4)13(18)14-11(12(16)17)9-10(2)3/h5,10-11H,1,6-9H2,2-4H3,(H,14,18)(H,16,17)/t11-/m1/s1. The van der Waals surface area contributed by atoms with Gasteiger partial charge < -0.3 is 15.3 Å². The SMILES string of the molecule is C=CCCCN(C)C(=O)N[C@H](CC(C)C)C(=O)O. The zero-order valence-corrected chi connectivity index (χ0v) is 11.5. The number of aliphatic carboxylic acids is 1. The number of urea groups is 1. The van der Waals surface area contributed by atoms with Crippen molar-refractivity contribution in [2.24, 2.45) is 5.92 Å². The van der Waals surface area contributed by atoms with E-state index in [9.17, 15) is 9.59 Å². The molecule has 0 aromatic carbocycles. The number of hydrogen-bond donors (Lipinski definition) is 2. The second-order valence-corrected chi connectivity index (χ2v) is 4.82. The van der Waals surface area contributed by atoms with Crippen molar-refractivity contribution in [2.45, 2.75) is 39.2 Å². The number of amides is 2. The molecule has 0 saturated carbocycles. The van der Waals surface area contributed by atoms with E-state index in [1.807, 2.05) is 13.8 Å². The second-order valence-electron chi connectivity index (χ2n) is 4.82. The van der Waals surface area contributed by atoms with E-state index in [0.717, 1.165) is 12.8 Å². The smallest absolute Gasteiger partial charge is 0.326 e. The number of rotatable bonds is 8. The number of unbranched alkanes of at least 4 members (excludes halogenated alkanes) is 1. The van der Waals surface area contributed by atoms with Crippen LogP contribution < -0.4 is 5.32 Å². The molecule has 0 aliphatic heterocycles. The highest BCUT2D eigenvalue weighted by molar-refractivity contribution is 5.82. The second kappa shape index (κ2) is 8.55.